The van der Waals surface area contributed by atoms with Crippen LogP contribution in [0.4, 0.5) is 0 Å². The Labute approximate surface area is 141 Å². The lowest BCUT2D eigenvalue weighted by Crippen LogP contribution is -2.01. The van der Waals surface area contributed by atoms with Crippen LogP contribution < -0.4 is 9.47 Å². The normalized spacial score (nSPS) is 10.7. The third-order valence-electron chi connectivity index (χ3n) is 4.05. The van der Waals surface area contributed by atoms with Crippen molar-refractivity contribution in [2.75, 3.05) is 13.7 Å². The van der Waals surface area contributed by atoms with E-state index in [-0.39, 0.29) is 0 Å². The summed E-state index contributed by atoms with van der Waals surface area (Å²) in [5.74, 6) is 1.67. The molecular weight excluding hydrogens is 302 g/mol. The van der Waals surface area contributed by atoms with Crippen molar-refractivity contribution in [3.8, 4) is 11.5 Å². The second-order valence-electron chi connectivity index (χ2n) is 5.65. The summed E-state index contributed by atoms with van der Waals surface area (Å²) in [6, 6.07) is 15.7. The van der Waals surface area contributed by atoms with Crippen LogP contribution in [0, 0.1) is 0 Å². The van der Waals surface area contributed by atoms with Crippen molar-refractivity contribution in [1.29, 1.82) is 0 Å². The molecule has 1 heterocycles. The van der Waals surface area contributed by atoms with Crippen molar-refractivity contribution >= 4 is 17.2 Å². The molecule has 0 unspecified atom stereocenters. The zero-order chi connectivity index (χ0) is 16.8. The minimum Gasteiger partial charge on any atom is -0.497 e. The van der Waals surface area contributed by atoms with Crippen LogP contribution in [0.2, 0.25) is 0 Å². The van der Waals surface area contributed by atoms with Crippen molar-refractivity contribution in [1.82, 2.24) is 4.57 Å². The molecule has 1 aromatic heterocycles. The Bertz CT molecular complexity index is 808. The highest BCUT2D eigenvalue weighted by atomic mass is 16.5. The van der Waals surface area contributed by atoms with Crippen LogP contribution >= 0.6 is 0 Å². The van der Waals surface area contributed by atoms with Crippen LogP contribution in [0.5, 0.6) is 11.5 Å². The lowest BCUT2D eigenvalue weighted by atomic mass is 10.2. The van der Waals surface area contributed by atoms with Gasteiger partial charge >= 0.3 is 0 Å². The molecule has 0 N–H and O–H groups in total. The first-order chi connectivity index (χ1) is 11.8. The van der Waals surface area contributed by atoms with Gasteiger partial charge in [0.1, 0.15) is 11.5 Å². The van der Waals surface area contributed by atoms with E-state index in [0.29, 0.717) is 12.2 Å². The molecule has 3 rings (SSSR count). The van der Waals surface area contributed by atoms with Gasteiger partial charge in [-0.3, -0.25) is 4.79 Å². The monoisotopic (exact) mass is 323 g/mol. The van der Waals surface area contributed by atoms with Gasteiger partial charge in [0.2, 0.25) is 0 Å². The molecule has 0 bridgehead atoms. The highest BCUT2D eigenvalue weighted by molar-refractivity contribution is 5.98. The molecule has 0 saturated heterocycles. The predicted molar refractivity (Wildman–Crippen MR) is 95.0 cm³/mol. The summed E-state index contributed by atoms with van der Waals surface area (Å²) < 4.78 is 13.1. The molecule has 124 valence electrons. The van der Waals surface area contributed by atoms with Crippen LogP contribution in [0.1, 0.15) is 23.2 Å². The molecule has 0 radical (unpaired) electrons. The zero-order valence-electron chi connectivity index (χ0n) is 13.8. The number of para-hydroxylation sites is 1. The molecule has 0 aliphatic heterocycles. The van der Waals surface area contributed by atoms with Crippen LogP contribution in [0.25, 0.3) is 10.9 Å². The minimum atomic E-state index is 0.692. The Morgan fingerprint density at radius 1 is 1.04 bits per heavy atom. The Hall–Kier alpha value is -2.75. The van der Waals surface area contributed by atoms with Gasteiger partial charge in [-0.25, -0.2) is 0 Å². The van der Waals surface area contributed by atoms with Gasteiger partial charge in [-0.1, -0.05) is 18.2 Å². The summed E-state index contributed by atoms with van der Waals surface area (Å²) in [5, 5.41) is 0.935. The van der Waals surface area contributed by atoms with E-state index >= 15 is 0 Å². The molecule has 0 aliphatic rings. The smallest absolute Gasteiger partial charge is 0.152 e. The van der Waals surface area contributed by atoms with Crippen molar-refractivity contribution in [3.63, 3.8) is 0 Å². The van der Waals surface area contributed by atoms with E-state index in [1.807, 2.05) is 54.7 Å². The number of benzene rings is 2. The number of carbonyl (C=O) groups is 1. The molecule has 0 atom stereocenters. The summed E-state index contributed by atoms with van der Waals surface area (Å²) in [6.07, 6.45) is 4.76. The second-order valence-corrected chi connectivity index (χ2v) is 5.65. The molecule has 0 fully saturated rings. The van der Waals surface area contributed by atoms with Gasteiger partial charge < -0.3 is 14.0 Å². The maximum absolute atomic E-state index is 11.3. The number of hydrogen-bond acceptors (Lipinski definition) is 3. The Morgan fingerprint density at radius 2 is 1.88 bits per heavy atom. The van der Waals surface area contributed by atoms with Crippen molar-refractivity contribution in [3.05, 3.63) is 60.3 Å². The quantitative estimate of drug-likeness (QED) is 0.458. The summed E-state index contributed by atoms with van der Waals surface area (Å²) in [4.78, 5) is 11.3. The third kappa shape index (κ3) is 3.59. The number of rotatable bonds is 8. The number of aromatic nitrogens is 1. The van der Waals surface area contributed by atoms with Gasteiger partial charge in [0.05, 0.1) is 13.7 Å². The standard InChI is InChI=1S/C20H21NO3/c1-23-18-9-10-20-19(13-18)16(15-22)14-21(20)11-5-6-12-24-17-7-3-2-4-8-17/h2-4,7-10,13-15H,5-6,11-12H2,1H3. The van der Waals surface area contributed by atoms with Crippen molar-refractivity contribution < 1.29 is 14.3 Å². The lowest BCUT2D eigenvalue weighted by Gasteiger charge is -2.08. The molecule has 4 nitrogen and oxygen atoms in total. The number of aryl methyl sites for hydroxylation is 1. The Kier molecular flexibility index (Phi) is 5.16. The van der Waals surface area contributed by atoms with Crippen LogP contribution in [-0.2, 0) is 6.54 Å². The van der Waals surface area contributed by atoms with Gasteiger partial charge in [-0.05, 0) is 43.2 Å². The number of ether oxygens (including phenoxy) is 2. The van der Waals surface area contributed by atoms with Gasteiger partial charge in [0.15, 0.2) is 6.29 Å². The number of carbonyl (C=O) groups excluding carboxylic acids is 1. The molecule has 3 aromatic rings. The Morgan fingerprint density at radius 3 is 2.62 bits per heavy atom. The third-order valence-corrected chi connectivity index (χ3v) is 4.05. The molecule has 2 aromatic carbocycles. The second kappa shape index (κ2) is 7.68. The fourth-order valence-electron chi connectivity index (χ4n) is 2.80. The highest BCUT2D eigenvalue weighted by Crippen LogP contribution is 2.25. The minimum absolute atomic E-state index is 0.692. The lowest BCUT2D eigenvalue weighted by molar-refractivity contribution is 0.112. The first-order valence-corrected chi connectivity index (χ1v) is 8.11. The molecule has 0 saturated carbocycles. The van der Waals surface area contributed by atoms with Crippen LogP contribution in [0.3, 0.4) is 0 Å². The fraction of sp³-hybridized carbons (Fsp3) is 0.250. The van der Waals surface area contributed by atoms with Gasteiger partial charge in [-0.15, -0.1) is 0 Å². The molecule has 0 amide bonds. The topological polar surface area (TPSA) is 40.5 Å². The van der Waals surface area contributed by atoms with Gasteiger partial charge in [-0.2, -0.15) is 0 Å². The van der Waals surface area contributed by atoms with Gasteiger partial charge in [0, 0.05) is 29.2 Å². The van der Waals surface area contributed by atoms with Crippen molar-refractivity contribution in [2.45, 2.75) is 19.4 Å². The molecule has 4 heteroatoms. The number of unbranched alkanes of at least 4 members (excludes halogenated alkanes) is 1. The van der Waals surface area contributed by atoms with E-state index in [4.69, 9.17) is 9.47 Å². The first kappa shape index (κ1) is 16.1. The van der Waals surface area contributed by atoms with Crippen LogP contribution in [-0.4, -0.2) is 24.6 Å². The maximum Gasteiger partial charge on any atom is 0.152 e. The number of nitrogens with zero attached hydrogens (tertiary/aromatic N) is 1. The Balaban J connectivity index is 1.60. The van der Waals surface area contributed by atoms with E-state index in [9.17, 15) is 4.79 Å². The van der Waals surface area contributed by atoms with E-state index in [1.165, 1.54) is 0 Å². The SMILES string of the molecule is COc1ccc2c(c1)c(C=O)cn2CCCCOc1ccccc1. The average molecular weight is 323 g/mol. The summed E-state index contributed by atoms with van der Waals surface area (Å²) in [6.45, 7) is 1.55. The molecule has 24 heavy (non-hydrogen) atoms. The molecular formula is C20H21NO3. The molecule has 0 aliphatic carbocycles. The van der Waals surface area contributed by atoms with E-state index < -0.39 is 0 Å². The maximum atomic E-state index is 11.3. The van der Waals surface area contributed by atoms with E-state index in [1.54, 1.807) is 7.11 Å². The fourth-order valence-corrected chi connectivity index (χ4v) is 2.80. The number of aldehydes is 1. The molecule has 0 spiro atoms. The summed E-state index contributed by atoms with van der Waals surface area (Å²) in [5.41, 5.74) is 1.76. The number of fused-ring (bicyclic) bond motifs is 1. The number of methoxy groups -OCH3 is 1. The first-order valence-electron chi connectivity index (χ1n) is 8.11. The summed E-state index contributed by atoms with van der Waals surface area (Å²) in [7, 11) is 1.63. The van der Waals surface area contributed by atoms with Gasteiger partial charge in [0.25, 0.3) is 0 Å². The zero-order valence-corrected chi connectivity index (χ0v) is 13.8. The average Bonchev–Trinajstić information content (AvgIpc) is 2.99. The van der Waals surface area contributed by atoms with E-state index in [0.717, 1.165) is 48.1 Å². The predicted octanol–water partition coefficient (Wildman–Crippen LogP) is 4.32. The highest BCUT2D eigenvalue weighted by Gasteiger charge is 2.09. The summed E-state index contributed by atoms with van der Waals surface area (Å²) >= 11 is 0. The van der Waals surface area contributed by atoms with Crippen molar-refractivity contribution in [2.24, 2.45) is 0 Å². The largest absolute Gasteiger partial charge is 0.497 e. The number of hydrogen-bond donors (Lipinski definition) is 0. The van der Waals surface area contributed by atoms with E-state index in [2.05, 4.69) is 4.57 Å². The van der Waals surface area contributed by atoms with Crippen LogP contribution in [0.15, 0.2) is 54.7 Å².